The van der Waals surface area contributed by atoms with Crippen LogP contribution in [0.15, 0.2) is 30.5 Å². The van der Waals surface area contributed by atoms with Gasteiger partial charge in [-0.15, -0.1) is 0 Å². The van der Waals surface area contributed by atoms with Gasteiger partial charge in [-0.25, -0.2) is 4.68 Å². The van der Waals surface area contributed by atoms with Crippen molar-refractivity contribution in [3.05, 3.63) is 46.6 Å². The van der Waals surface area contributed by atoms with Crippen molar-refractivity contribution in [3.8, 4) is 6.07 Å². The maximum absolute atomic E-state index is 8.62. The largest absolute Gasteiger partial charge is 0.384 e. The summed E-state index contributed by atoms with van der Waals surface area (Å²) in [7, 11) is 0. The van der Waals surface area contributed by atoms with Crippen molar-refractivity contribution in [2.45, 2.75) is 13.0 Å². The van der Waals surface area contributed by atoms with E-state index in [4.69, 9.17) is 22.6 Å². The minimum absolute atomic E-state index is 0.284. The van der Waals surface area contributed by atoms with E-state index in [1.54, 1.807) is 10.9 Å². The summed E-state index contributed by atoms with van der Waals surface area (Å²) in [4.78, 5) is 0. The van der Waals surface area contributed by atoms with E-state index >= 15 is 0 Å². The zero-order valence-corrected chi connectivity index (χ0v) is 9.85. The Labute approximate surface area is 104 Å². The van der Waals surface area contributed by atoms with Gasteiger partial charge in [0.05, 0.1) is 25.2 Å². The Morgan fingerprint density at radius 3 is 2.71 bits per heavy atom. The molecule has 4 nitrogen and oxygen atoms in total. The van der Waals surface area contributed by atoms with Crippen molar-refractivity contribution in [2.24, 2.45) is 0 Å². The van der Waals surface area contributed by atoms with Crippen LogP contribution < -0.4 is 5.73 Å². The van der Waals surface area contributed by atoms with Crippen molar-refractivity contribution in [1.82, 2.24) is 9.78 Å². The normalized spacial score (nSPS) is 10.1. The first-order valence-electron chi connectivity index (χ1n) is 5.12. The molecule has 86 valence electrons. The second-order valence-electron chi connectivity index (χ2n) is 3.67. The molecule has 1 aromatic heterocycles. The Kier molecular flexibility index (Phi) is 3.31. The molecule has 0 aliphatic heterocycles. The van der Waals surface area contributed by atoms with Gasteiger partial charge in [0.2, 0.25) is 0 Å². The predicted molar refractivity (Wildman–Crippen MR) is 66.5 cm³/mol. The smallest absolute Gasteiger partial charge is 0.126 e. The first-order valence-corrected chi connectivity index (χ1v) is 5.50. The Bertz CT molecular complexity index is 551. The van der Waals surface area contributed by atoms with Gasteiger partial charge >= 0.3 is 0 Å². The number of anilines is 1. The molecule has 0 amide bonds. The fourth-order valence-electron chi connectivity index (χ4n) is 1.54. The molecule has 0 aliphatic carbocycles. The zero-order valence-electron chi connectivity index (χ0n) is 9.10. The quantitative estimate of drug-likeness (QED) is 0.903. The molecular formula is C12H11ClN4. The topological polar surface area (TPSA) is 67.6 Å². The number of hydrogen-bond donors (Lipinski definition) is 1. The number of halogens is 1. The lowest BCUT2D eigenvalue weighted by atomic mass is 10.2. The molecule has 0 aliphatic rings. The summed E-state index contributed by atoms with van der Waals surface area (Å²) < 4.78 is 1.68. The van der Waals surface area contributed by atoms with Crippen LogP contribution in [0.4, 0.5) is 5.82 Å². The number of nitriles is 1. The van der Waals surface area contributed by atoms with Gasteiger partial charge in [0, 0.05) is 10.6 Å². The number of nitrogens with two attached hydrogens (primary N) is 1. The minimum atomic E-state index is 0.284. The summed E-state index contributed by atoms with van der Waals surface area (Å²) in [6.07, 6.45) is 1.92. The Balaban J connectivity index is 2.19. The van der Waals surface area contributed by atoms with Crippen molar-refractivity contribution >= 4 is 17.4 Å². The number of hydrogen-bond acceptors (Lipinski definition) is 3. The van der Waals surface area contributed by atoms with E-state index in [9.17, 15) is 0 Å². The fraction of sp³-hybridized carbons (Fsp3) is 0.167. The average molecular weight is 247 g/mol. The van der Waals surface area contributed by atoms with Gasteiger partial charge in [0.1, 0.15) is 5.82 Å². The predicted octanol–water partition coefficient (Wildman–Crippen LogP) is 2.23. The Morgan fingerprint density at radius 1 is 1.35 bits per heavy atom. The van der Waals surface area contributed by atoms with Gasteiger partial charge in [-0.05, 0) is 17.7 Å². The molecule has 0 bridgehead atoms. The first kappa shape index (κ1) is 11.5. The molecule has 0 unspecified atom stereocenters. The summed E-state index contributed by atoms with van der Waals surface area (Å²) >= 11 is 5.81. The molecule has 2 rings (SSSR count). The molecule has 0 radical (unpaired) electrons. The van der Waals surface area contributed by atoms with Crippen LogP contribution in [0.2, 0.25) is 5.02 Å². The lowest BCUT2D eigenvalue weighted by Gasteiger charge is -2.05. The average Bonchev–Trinajstić information content (AvgIpc) is 2.65. The first-order chi connectivity index (χ1) is 8.20. The highest BCUT2D eigenvalue weighted by atomic mass is 35.5. The Hall–Kier alpha value is -1.99. The van der Waals surface area contributed by atoms with Crippen molar-refractivity contribution in [2.75, 3.05) is 5.73 Å². The van der Waals surface area contributed by atoms with Gasteiger partial charge in [-0.1, -0.05) is 23.7 Å². The fourth-order valence-corrected chi connectivity index (χ4v) is 1.67. The second-order valence-corrected chi connectivity index (χ2v) is 4.11. The third-order valence-electron chi connectivity index (χ3n) is 2.48. The van der Waals surface area contributed by atoms with E-state index in [1.165, 1.54) is 0 Å². The van der Waals surface area contributed by atoms with Gasteiger partial charge in [-0.2, -0.15) is 10.4 Å². The molecule has 0 saturated heterocycles. The van der Waals surface area contributed by atoms with Crippen LogP contribution in [0, 0.1) is 11.3 Å². The zero-order chi connectivity index (χ0) is 12.3. The van der Waals surface area contributed by atoms with Gasteiger partial charge in [0.25, 0.3) is 0 Å². The monoisotopic (exact) mass is 246 g/mol. The lowest BCUT2D eigenvalue weighted by molar-refractivity contribution is 0.697. The highest BCUT2D eigenvalue weighted by molar-refractivity contribution is 6.30. The third kappa shape index (κ3) is 2.58. The van der Waals surface area contributed by atoms with Crippen molar-refractivity contribution < 1.29 is 0 Å². The van der Waals surface area contributed by atoms with Crippen molar-refractivity contribution in [3.63, 3.8) is 0 Å². The van der Waals surface area contributed by atoms with E-state index in [0.717, 1.165) is 11.1 Å². The molecule has 0 saturated carbocycles. The van der Waals surface area contributed by atoms with Gasteiger partial charge < -0.3 is 5.73 Å². The van der Waals surface area contributed by atoms with E-state index < -0.39 is 0 Å². The van der Waals surface area contributed by atoms with E-state index in [-0.39, 0.29) is 6.42 Å². The molecule has 0 fully saturated rings. The maximum Gasteiger partial charge on any atom is 0.126 e. The number of nitrogens with zero attached hydrogens (tertiary/aromatic N) is 3. The SMILES string of the molecule is N#CCc1cnn(Cc2ccc(Cl)cc2)c1N. The number of aromatic nitrogens is 2. The molecule has 0 spiro atoms. The number of rotatable bonds is 3. The Morgan fingerprint density at radius 2 is 2.06 bits per heavy atom. The third-order valence-corrected chi connectivity index (χ3v) is 2.73. The van der Waals surface area contributed by atoms with Crippen LogP contribution in [0.3, 0.4) is 0 Å². The molecule has 1 aromatic carbocycles. The van der Waals surface area contributed by atoms with Crippen LogP contribution in [0.1, 0.15) is 11.1 Å². The molecule has 17 heavy (non-hydrogen) atoms. The van der Waals surface area contributed by atoms with E-state index in [0.29, 0.717) is 17.4 Å². The van der Waals surface area contributed by atoms with Gasteiger partial charge in [-0.3, -0.25) is 0 Å². The van der Waals surface area contributed by atoms with Crippen LogP contribution >= 0.6 is 11.6 Å². The summed E-state index contributed by atoms with van der Waals surface area (Å²) in [5, 5.41) is 13.5. The molecule has 1 heterocycles. The molecule has 2 N–H and O–H groups in total. The summed E-state index contributed by atoms with van der Waals surface area (Å²) in [5.74, 6) is 0.543. The van der Waals surface area contributed by atoms with Gasteiger partial charge in [0.15, 0.2) is 0 Å². The highest BCUT2D eigenvalue weighted by Crippen LogP contribution is 2.15. The minimum Gasteiger partial charge on any atom is -0.384 e. The second kappa shape index (κ2) is 4.89. The van der Waals surface area contributed by atoms with E-state index in [2.05, 4.69) is 11.2 Å². The van der Waals surface area contributed by atoms with Crippen LogP contribution in [-0.4, -0.2) is 9.78 Å². The molecule has 0 atom stereocenters. The van der Waals surface area contributed by atoms with Crippen LogP contribution in [-0.2, 0) is 13.0 Å². The standard InChI is InChI=1S/C12H11ClN4/c13-11-3-1-9(2-4-11)8-17-12(15)10(5-6-14)7-16-17/h1-4,7H,5,8,15H2. The number of nitrogen functional groups attached to an aromatic ring is 1. The van der Waals surface area contributed by atoms with Crippen LogP contribution in [0.5, 0.6) is 0 Å². The van der Waals surface area contributed by atoms with E-state index in [1.807, 2.05) is 24.3 Å². The highest BCUT2D eigenvalue weighted by Gasteiger charge is 2.07. The van der Waals surface area contributed by atoms with Crippen molar-refractivity contribution in [1.29, 1.82) is 5.26 Å². The summed E-state index contributed by atoms with van der Waals surface area (Å²) in [5.41, 5.74) is 7.72. The molecular weight excluding hydrogens is 236 g/mol. The lowest BCUT2D eigenvalue weighted by Crippen LogP contribution is -2.06. The molecule has 5 heteroatoms. The summed E-state index contributed by atoms with van der Waals surface area (Å²) in [6, 6.07) is 9.56. The number of benzene rings is 1. The maximum atomic E-state index is 8.62. The van der Waals surface area contributed by atoms with Crippen LogP contribution in [0.25, 0.3) is 0 Å². The summed E-state index contributed by atoms with van der Waals surface area (Å²) in [6.45, 7) is 0.578. The molecule has 2 aromatic rings.